The summed E-state index contributed by atoms with van der Waals surface area (Å²) < 4.78 is 113. The Bertz CT molecular complexity index is 5560. The normalized spacial score (nSPS) is 33.3. The van der Waals surface area contributed by atoms with Crippen LogP contribution in [0.3, 0.4) is 0 Å². The number of aliphatic hydroxyl groups excluding tert-OH is 23. The Labute approximate surface area is 839 Å². The second-order valence-corrected chi connectivity index (χ2v) is 34.8. The summed E-state index contributed by atoms with van der Waals surface area (Å²) >= 11 is 0. The predicted molar refractivity (Wildman–Crippen MR) is 485 cm³/mol. The molecule has 0 aliphatic carbocycles. The first kappa shape index (κ1) is 112. The minimum Gasteiger partial charge on any atom is -0.507 e. The SMILES string of the molecule is O=C(O)CC(=O)OC[C@H]1O[C@@H](Oc2cc3c(O)cc(O)cc3[o+]c2-c2cc(O[C@@H]3O[C@H](COC(=O)/C=C/c4ccc(O[C@@H]5O[C@H](COC(=O)/C=C/c6ccc(O[C@@H]7O[C@H](CO)[C@@H](O)[C@H](O)[C@H]7O)cc6)[C@@H](O)[C@H](O)[C@H]5O)cc4)[C@@H](O)[C@H](O)[C@H]3O)c(O)c(O[C@@H]3O[C@H](COC(=O)/C=C/c4ccc(O[C@@H]5O[C@H](COC(=O)/C=C/c6ccc(O[C@@H]7O[C@H](CO)[C@@H](O)[C@H](O)[C@H]7O)cc6)[C@@H](O)[C@H](O)[C@H]5O)cc4)[C@@H](O)[C@H](O)[C@H]3O)c2)[C@H](O)[C@@H](O)[C@@H]1O. The van der Waals surface area contributed by atoms with Crippen LogP contribution in [0.25, 0.3) is 46.6 Å². The topological polar surface area (TPSA) is 835 Å². The number of aliphatic hydroxyl groups is 23. The van der Waals surface area contributed by atoms with E-state index >= 15 is 0 Å². The average Bonchev–Trinajstić information content (AvgIpc) is 0.761. The number of hydrogen-bond donors (Lipinski definition) is 27. The molecule has 53 heteroatoms. The molecule has 7 aliphatic heterocycles. The fourth-order valence-corrected chi connectivity index (χ4v) is 15.9. The first-order valence-corrected chi connectivity index (χ1v) is 45.6. The molecular formula is C96H107O53+. The third-order valence-electron chi connectivity index (χ3n) is 24.3. The molecule has 8 heterocycles. The molecule has 0 spiro atoms. The first-order chi connectivity index (χ1) is 71.0. The molecule has 7 saturated heterocycles. The number of fused-ring (bicyclic) bond motifs is 1. The Hall–Kier alpha value is -12.7. The highest BCUT2D eigenvalue weighted by atomic mass is 16.8. The summed E-state index contributed by atoms with van der Waals surface area (Å²) in [4.78, 5) is 76.0. The van der Waals surface area contributed by atoms with Crippen LogP contribution in [0.15, 0.2) is 156 Å². The van der Waals surface area contributed by atoms with Crippen molar-refractivity contribution in [3.63, 3.8) is 0 Å². The number of hydrogen-bond acceptors (Lipinski definition) is 51. The highest BCUT2D eigenvalue weighted by Crippen LogP contribution is 2.48. The molecular weight excluding hydrogens is 2000 g/mol. The van der Waals surface area contributed by atoms with E-state index in [9.17, 15) is 162 Å². The van der Waals surface area contributed by atoms with E-state index in [0.717, 1.165) is 54.6 Å². The Morgan fingerprint density at radius 3 is 0.805 bits per heavy atom. The van der Waals surface area contributed by atoms with E-state index in [1.807, 2.05) is 0 Å². The summed E-state index contributed by atoms with van der Waals surface area (Å²) in [5, 5.41) is 290. The molecule has 0 radical (unpaired) electrons. The summed E-state index contributed by atoms with van der Waals surface area (Å²) in [6.07, 6.45) is -57.2. The fraction of sp³-hybridized carbons (Fsp3) is 0.448. The van der Waals surface area contributed by atoms with Gasteiger partial charge in [-0.25, -0.2) is 23.6 Å². The number of ether oxygens (including phenoxy) is 19. The number of esters is 5. The fourth-order valence-electron chi connectivity index (χ4n) is 15.9. The van der Waals surface area contributed by atoms with E-state index < -0.39 is 355 Å². The van der Waals surface area contributed by atoms with Crippen LogP contribution in [0.2, 0.25) is 0 Å². The predicted octanol–water partition coefficient (Wildman–Crippen LogP) is -7.17. The maximum Gasteiger partial charge on any atom is 0.402 e. The van der Waals surface area contributed by atoms with Crippen molar-refractivity contribution in [3.05, 3.63) is 174 Å². The maximum atomic E-state index is 13.4. The summed E-state index contributed by atoms with van der Waals surface area (Å²) in [7, 11) is 0. The van der Waals surface area contributed by atoms with Crippen molar-refractivity contribution in [1.29, 1.82) is 0 Å². The molecule has 149 heavy (non-hydrogen) atoms. The van der Waals surface area contributed by atoms with Crippen molar-refractivity contribution in [1.82, 2.24) is 0 Å². The summed E-state index contributed by atoms with van der Waals surface area (Å²) in [6, 6.07) is 27.0. The lowest BCUT2D eigenvalue weighted by Gasteiger charge is -2.40. The van der Waals surface area contributed by atoms with Gasteiger partial charge in [-0.1, -0.05) is 48.5 Å². The van der Waals surface area contributed by atoms with Gasteiger partial charge in [-0.3, -0.25) is 9.59 Å². The molecule has 53 nitrogen and oxygen atoms in total. The molecule has 808 valence electrons. The Morgan fingerprint density at radius 1 is 0.289 bits per heavy atom. The Balaban J connectivity index is 0.622. The largest absolute Gasteiger partial charge is 0.507 e. The number of aromatic hydroxyl groups is 3. The zero-order valence-electron chi connectivity index (χ0n) is 77.3. The van der Waals surface area contributed by atoms with Crippen LogP contribution in [-0.2, 0) is 85.6 Å². The summed E-state index contributed by atoms with van der Waals surface area (Å²) in [5.74, 6) is -12.6. The molecule has 0 saturated carbocycles. The quantitative estimate of drug-likeness (QED) is 0.00566. The van der Waals surface area contributed by atoms with Gasteiger partial charge in [0.2, 0.25) is 55.5 Å². The Morgan fingerprint density at radius 2 is 0.537 bits per heavy atom. The van der Waals surface area contributed by atoms with Crippen LogP contribution in [-0.4, -0.2) is 435 Å². The lowest BCUT2D eigenvalue weighted by atomic mass is 9.99. The minimum absolute atomic E-state index is 0.00906. The molecule has 0 bridgehead atoms. The van der Waals surface area contributed by atoms with Crippen LogP contribution >= 0.6 is 0 Å². The van der Waals surface area contributed by atoms with E-state index in [0.29, 0.717) is 11.1 Å². The van der Waals surface area contributed by atoms with Crippen molar-refractivity contribution >= 4 is 71.1 Å². The highest BCUT2D eigenvalue weighted by Gasteiger charge is 2.54. The van der Waals surface area contributed by atoms with Gasteiger partial charge >= 0.3 is 47.2 Å². The number of carboxylic acid groups (broad SMARTS) is 1. The number of carboxylic acids is 1. The molecule has 0 amide bonds. The van der Waals surface area contributed by atoms with Gasteiger partial charge in [-0.05, 0) is 95.1 Å². The van der Waals surface area contributed by atoms with Gasteiger partial charge in [0.1, 0.15) is 250 Å². The van der Waals surface area contributed by atoms with Gasteiger partial charge in [0.05, 0.1) is 24.8 Å². The highest BCUT2D eigenvalue weighted by molar-refractivity contribution is 5.92. The molecule has 7 fully saturated rings. The van der Waals surface area contributed by atoms with Crippen LogP contribution in [0, 0.1) is 0 Å². The zero-order valence-corrected chi connectivity index (χ0v) is 77.3. The number of carbonyl (C=O) groups is 6. The number of phenols is 3. The summed E-state index contributed by atoms with van der Waals surface area (Å²) in [6.45, 7) is -5.56. The van der Waals surface area contributed by atoms with Gasteiger partial charge in [0, 0.05) is 48.6 Å². The second-order valence-electron chi connectivity index (χ2n) is 34.8. The van der Waals surface area contributed by atoms with Crippen LogP contribution in [0.1, 0.15) is 28.7 Å². The van der Waals surface area contributed by atoms with Gasteiger partial charge in [0.15, 0.2) is 11.5 Å². The van der Waals surface area contributed by atoms with Gasteiger partial charge in [-0.2, -0.15) is 0 Å². The molecule has 7 aromatic rings. The molecule has 0 unspecified atom stereocenters. The van der Waals surface area contributed by atoms with Crippen molar-refractivity contribution in [2.45, 2.75) is 221 Å². The minimum atomic E-state index is -2.33. The maximum absolute atomic E-state index is 13.4. The van der Waals surface area contributed by atoms with Gasteiger partial charge in [0.25, 0.3) is 0 Å². The van der Waals surface area contributed by atoms with Crippen molar-refractivity contribution in [2.75, 3.05) is 46.2 Å². The summed E-state index contributed by atoms with van der Waals surface area (Å²) in [5.41, 5.74) is 0.499. The van der Waals surface area contributed by atoms with Crippen LogP contribution in [0.4, 0.5) is 0 Å². The lowest BCUT2D eigenvalue weighted by molar-refractivity contribution is -0.279. The van der Waals surface area contributed by atoms with E-state index in [2.05, 4.69) is 0 Å². The van der Waals surface area contributed by atoms with E-state index in [1.54, 1.807) is 0 Å². The standard InChI is InChI=1S/C96H106O53/c97-31-54-68(109)75(116)82(123)90(143-54)135-44-13-1-38(2-14-44)9-21-62(103)130-33-56-70(111)77(118)84(125)92(145-56)137-46-17-5-40(6-18-46)11-23-64(105)132-35-58-72(113)79(120)86(127)94(147-58)140-51-25-42(89-53(29-48-49(100)27-43(99)28-50(48)139-89)142-96-88(129)81(122)74(115)60(149-96)37-134-66(107)30-61(101)102)26-52(67(51)108)141-95-87(128)80(121)73(114)59(148-95)36-133-65(106)24-12-41-7-19-47(20-8-41)138-93-85(126)78(119)71(112)57(146-93)34-131-63(104)22-10-39-3-15-45(16-4-39)136-91-83(124)76(117)69(110)55(32-98)144-91/h1-29,54-60,68-88,90-98,109-129H,30-37H2,(H3-,99,100,101,102,108)/p+1/b21-9+,22-10+,23-11+,24-12+/t54-,55-,56-,57-,58-,59-,60-,68-,69-,70-,71-,72-,73-,74-,75+,76+,77+,78+,79+,80+,81+,82-,83-,84-,85-,86-,87-,88-,90-,91-,92-,93-,94-,95-,96-/m1/s1. The smallest absolute Gasteiger partial charge is 0.402 e. The monoisotopic (exact) mass is 2110 g/mol. The van der Waals surface area contributed by atoms with Gasteiger partial charge < -0.3 is 228 Å². The van der Waals surface area contributed by atoms with Crippen LogP contribution < -0.4 is 33.2 Å². The van der Waals surface area contributed by atoms with Crippen molar-refractivity contribution < 1.29 is 261 Å². The molecule has 6 aromatic carbocycles. The Kier molecular flexibility index (Phi) is 37.4. The number of carbonyl (C=O) groups excluding carboxylic acids is 5. The van der Waals surface area contributed by atoms with Gasteiger partial charge in [-0.15, -0.1) is 0 Å². The lowest BCUT2D eigenvalue weighted by Crippen LogP contribution is -2.60. The zero-order chi connectivity index (χ0) is 107. The third-order valence-corrected chi connectivity index (χ3v) is 24.3. The average molecular weight is 2110 g/mol. The van der Waals surface area contributed by atoms with E-state index in [4.69, 9.17) is 99.5 Å². The van der Waals surface area contributed by atoms with E-state index in [1.165, 1.54) is 121 Å². The van der Waals surface area contributed by atoms with Crippen LogP contribution in [0.5, 0.6) is 57.5 Å². The van der Waals surface area contributed by atoms with Crippen molar-refractivity contribution in [3.8, 4) is 68.8 Å². The molecule has 1 aromatic heterocycles. The number of aliphatic carboxylic acids is 1. The third kappa shape index (κ3) is 27.4. The van der Waals surface area contributed by atoms with E-state index in [-0.39, 0.29) is 39.5 Å². The number of benzene rings is 6. The number of phenolic OH excluding ortho intramolecular Hbond substituents is 3. The molecule has 14 rings (SSSR count). The number of rotatable bonds is 37. The van der Waals surface area contributed by atoms with Crippen molar-refractivity contribution in [2.24, 2.45) is 0 Å². The second kappa shape index (κ2) is 49.8. The molecule has 7 aliphatic rings. The first-order valence-electron chi connectivity index (χ1n) is 45.6. The molecule has 27 N–H and O–H groups in total. The molecule has 35 atom stereocenters.